The van der Waals surface area contributed by atoms with Crippen LogP contribution in [0.4, 0.5) is 5.69 Å². The zero-order valence-electron chi connectivity index (χ0n) is 20.8. The highest BCUT2D eigenvalue weighted by molar-refractivity contribution is 5.94. The first-order valence-electron chi connectivity index (χ1n) is 11.6. The van der Waals surface area contributed by atoms with Crippen molar-refractivity contribution >= 4 is 17.6 Å². The van der Waals surface area contributed by atoms with Gasteiger partial charge in [0.25, 0.3) is 0 Å². The molecule has 3 atom stereocenters. The highest BCUT2D eigenvalue weighted by atomic mass is 16.5. The third-order valence-corrected chi connectivity index (χ3v) is 6.06. The van der Waals surface area contributed by atoms with Gasteiger partial charge in [0, 0.05) is 24.1 Å². The van der Waals surface area contributed by atoms with Crippen LogP contribution in [0.25, 0.3) is 0 Å². The predicted molar refractivity (Wildman–Crippen MR) is 131 cm³/mol. The Balaban J connectivity index is 2.24. The molecule has 0 amide bonds. The number of ether oxygens (including phenoxy) is 4. The van der Waals surface area contributed by atoms with E-state index in [4.69, 9.17) is 18.9 Å². The maximum Gasteiger partial charge on any atom is 0.336 e. The summed E-state index contributed by atoms with van der Waals surface area (Å²) in [7, 11) is 3.09. The number of carbonyl (C=O) groups is 2. The van der Waals surface area contributed by atoms with Gasteiger partial charge in [0.15, 0.2) is 0 Å². The number of aliphatic hydroxyl groups is 1. The summed E-state index contributed by atoms with van der Waals surface area (Å²) >= 11 is 0. The van der Waals surface area contributed by atoms with Crippen LogP contribution in [0.15, 0.2) is 59.8 Å². The smallest absolute Gasteiger partial charge is 0.336 e. The summed E-state index contributed by atoms with van der Waals surface area (Å²) < 4.78 is 21.6. The van der Waals surface area contributed by atoms with E-state index >= 15 is 0 Å². The Kier molecular flexibility index (Phi) is 8.40. The lowest BCUT2D eigenvalue weighted by molar-refractivity contribution is -0.159. The molecule has 0 saturated heterocycles. The lowest BCUT2D eigenvalue weighted by atomic mass is 9.66. The Morgan fingerprint density at radius 2 is 1.71 bits per heavy atom. The maximum absolute atomic E-state index is 13.4. The van der Waals surface area contributed by atoms with E-state index in [2.05, 4.69) is 5.32 Å². The number of anilines is 1. The Morgan fingerprint density at radius 1 is 1.03 bits per heavy atom. The predicted octanol–water partition coefficient (Wildman–Crippen LogP) is 4.05. The number of hydrogen-bond donors (Lipinski definition) is 2. The van der Waals surface area contributed by atoms with Crippen molar-refractivity contribution in [2.75, 3.05) is 32.8 Å². The maximum atomic E-state index is 13.4. The van der Waals surface area contributed by atoms with E-state index in [1.54, 1.807) is 46.1 Å². The molecule has 188 valence electrons. The molecule has 0 heterocycles. The molecular weight excluding hydrogens is 450 g/mol. The second-order valence-electron chi connectivity index (χ2n) is 8.46. The van der Waals surface area contributed by atoms with Crippen molar-refractivity contribution in [2.45, 2.75) is 38.7 Å². The first-order valence-corrected chi connectivity index (χ1v) is 11.6. The Labute approximate surface area is 205 Å². The lowest BCUT2D eigenvalue weighted by Gasteiger charge is -2.43. The van der Waals surface area contributed by atoms with Crippen LogP contribution in [0.5, 0.6) is 11.5 Å². The van der Waals surface area contributed by atoms with Crippen LogP contribution in [0.2, 0.25) is 0 Å². The normalized spacial score (nSPS) is 21.8. The van der Waals surface area contributed by atoms with Crippen LogP contribution in [0, 0.1) is 5.92 Å². The molecule has 8 heteroatoms. The minimum atomic E-state index is -1.52. The van der Waals surface area contributed by atoms with E-state index in [1.807, 2.05) is 30.3 Å². The highest BCUT2D eigenvalue weighted by Crippen LogP contribution is 2.48. The molecule has 3 unspecified atom stereocenters. The molecule has 3 rings (SSSR count). The third-order valence-electron chi connectivity index (χ3n) is 6.06. The molecule has 0 fully saturated rings. The second kappa shape index (κ2) is 11.3. The van der Waals surface area contributed by atoms with Crippen molar-refractivity contribution in [3.8, 4) is 11.5 Å². The Bertz CT molecular complexity index is 1080. The fraction of sp³-hybridized carbons (Fsp3) is 0.407. The summed E-state index contributed by atoms with van der Waals surface area (Å²) in [5.41, 5.74) is 0.439. The van der Waals surface area contributed by atoms with Gasteiger partial charge in [0.1, 0.15) is 11.5 Å². The van der Waals surface area contributed by atoms with Crippen LogP contribution in [0.1, 0.15) is 38.7 Å². The van der Waals surface area contributed by atoms with Crippen LogP contribution in [-0.4, -0.2) is 50.1 Å². The number of esters is 2. The average Bonchev–Trinajstić information content (AvgIpc) is 2.84. The van der Waals surface area contributed by atoms with Crippen molar-refractivity contribution in [3.63, 3.8) is 0 Å². The fourth-order valence-electron chi connectivity index (χ4n) is 4.55. The van der Waals surface area contributed by atoms with Gasteiger partial charge in [-0.05, 0) is 38.5 Å². The summed E-state index contributed by atoms with van der Waals surface area (Å²) in [6, 6.07) is 14.4. The van der Waals surface area contributed by atoms with Crippen LogP contribution >= 0.6 is 0 Å². The number of carbonyl (C=O) groups excluding carboxylic acids is 2. The molecule has 0 aromatic heterocycles. The van der Waals surface area contributed by atoms with Gasteiger partial charge >= 0.3 is 11.9 Å². The van der Waals surface area contributed by atoms with Crippen LogP contribution in [0.3, 0.4) is 0 Å². The molecule has 2 aromatic carbocycles. The topological polar surface area (TPSA) is 103 Å². The van der Waals surface area contributed by atoms with E-state index in [-0.39, 0.29) is 25.2 Å². The quantitative estimate of drug-likeness (QED) is 0.515. The van der Waals surface area contributed by atoms with Gasteiger partial charge in [-0.2, -0.15) is 0 Å². The molecule has 0 aliphatic heterocycles. The monoisotopic (exact) mass is 483 g/mol. The molecule has 35 heavy (non-hydrogen) atoms. The van der Waals surface area contributed by atoms with E-state index in [9.17, 15) is 14.7 Å². The van der Waals surface area contributed by atoms with Gasteiger partial charge < -0.3 is 29.4 Å². The summed E-state index contributed by atoms with van der Waals surface area (Å²) in [6.07, 6.45) is -0.0108. The van der Waals surface area contributed by atoms with E-state index in [0.717, 1.165) is 0 Å². The van der Waals surface area contributed by atoms with Crippen molar-refractivity contribution in [2.24, 2.45) is 5.92 Å². The van der Waals surface area contributed by atoms with Crippen molar-refractivity contribution in [3.05, 3.63) is 65.4 Å². The number of nitrogens with one attached hydrogen (secondary N) is 1. The molecule has 1 aliphatic carbocycles. The molecule has 0 spiro atoms. The van der Waals surface area contributed by atoms with E-state index in [0.29, 0.717) is 28.4 Å². The lowest BCUT2D eigenvalue weighted by Crippen LogP contribution is -2.49. The number of benzene rings is 2. The minimum Gasteiger partial charge on any atom is -0.497 e. The van der Waals surface area contributed by atoms with Gasteiger partial charge in [-0.15, -0.1) is 0 Å². The van der Waals surface area contributed by atoms with Gasteiger partial charge in [0.05, 0.1) is 50.2 Å². The van der Waals surface area contributed by atoms with Gasteiger partial charge in [0.2, 0.25) is 0 Å². The van der Waals surface area contributed by atoms with Gasteiger partial charge in [-0.25, -0.2) is 4.79 Å². The third kappa shape index (κ3) is 5.59. The molecule has 8 nitrogen and oxygen atoms in total. The van der Waals surface area contributed by atoms with Crippen molar-refractivity contribution in [1.82, 2.24) is 0 Å². The standard InChI is InChI=1S/C27H33NO7/c1-6-34-25(29)23-20(28-19-14-13-18(32-4)15-21(19)33-5)16-27(3,31)24(26(30)35-7-2)22(23)17-11-9-8-10-12-17/h8-15,22,24,28,31H,6-7,16H2,1-5H3. The van der Waals surface area contributed by atoms with Crippen molar-refractivity contribution < 1.29 is 33.6 Å². The molecular formula is C27H33NO7. The van der Waals surface area contributed by atoms with Gasteiger partial charge in [-0.1, -0.05) is 30.3 Å². The first kappa shape index (κ1) is 26.1. The zero-order valence-corrected chi connectivity index (χ0v) is 20.8. The molecule has 2 aromatic rings. The summed E-state index contributed by atoms with van der Waals surface area (Å²) in [4.78, 5) is 26.5. The highest BCUT2D eigenvalue weighted by Gasteiger charge is 2.52. The Morgan fingerprint density at radius 3 is 2.31 bits per heavy atom. The number of hydrogen-bond acceptors (Lipinski definition) is 8. The molecule has 0 saturated carbocycles. The van der Waals surface area contributed by atoms with E-state index in [1.165, 1.54) is 7.11 Å². The number of rotatable bonds is 9. The Hall–Kier alpha value is -3.52. The van der Waals surface area contributed by atoms with Crippen LogP contribution < -0.4 is 14.8 Å². The average molecular weight is 484 g/mol. The van der Waals surface area contributed by atoms with Crippen LogP contribution in [-0.2, 0) is 19.1 Å². The summed E-state index contributed by atoms with van der Waals surface area (Å²) in [6.45, 7) is 5.32. The molecule has 0 bridgehead atoms. The second-order valence-corrected chi connectivity index (χ2v) is 8.46. The summed E-state index contributed by atoms with van der Waals surface area (Å²) in [5, 5.41) is 14.8. The molecule has 2 N–H and O–H groups in total. The SMILES string of the molecule is CCOC(=O)C1=C(Nc2ccc(OC)cc2OC)CC(C)(O)C(C(=O)OCC)C1c1ccccc1. The first-order chi connectivity index (χ1) is 16.8. The fourth-order valence-corrected chi connectivity index (χ4v) is 4.55. The summed E-state index contributed by atoms with van der Waals surface area (Å²) in [5.74, 6) is -1.87. The zero-order chi connectivity index (χ0) is 25.6. The van der Waals surface area contributed by atoms with Crippen molar-refractivity contribution in [1.29, 1.82) is 0 Å². The number of methoxy groups -OCH3 is 2. The molecule has 1 aliphatic rings. The minimum absolute atomic E-state index is 0.0108. The largest absolute Gasteiger partial charge is 0.497 e. The van der Waals surface area contributed by atoms with Gasteiger partial charge in [-0.3, -0.25) is 4.79 Å². The molecule has 0 radical (unpaired) electrons. The van der Waals surface area contributed by atoms with E-state index < -0.39 is 29.4 Å².